The quantitative estimate of drug-likeness (QED) is 0.679. The number of ether oxygens (including phenoxy) is 1. The van der Waals surface area contributed by atoms with E-state index in [1.165, 1.54) is 0 Å². The van der Waals surface area contributed by atoms with Crippen molar-refractivity contribution in [1.82, 2.24) is 0 Å². The summed E-state index contributed by atoms with van der Waals surface area (Å²) in [7, 11) is 0. The van der Waals surface area contributed by atoms with E-state index in [-0.39, 0.29) is 13.2 Å². The molecule has 0 heterocycles. The number of hydrogen-bond acceptors (Lipinski definition) is 4. The Morgan fingerprint density at radius 2 is 2.12 bits per heavy atom. The largest absolute Gasteiger partial charge is 0.492 e. The minimum absolute atomic E-state index is 0.00636. The summed E-state index contributed by atoms with van der Waals surface area (Å²) >= 11 is 0. The second kappa shape index (κ2) is 5.04. The van der Waals surface area contributed by atoms with Crippen molar-refractivity contribution >= 4 is 0 Å². The van der Waals surface area contributed by atoms with Crippen LogP contribution in [0.3, 0.4) is 0 Å². The van der Waals surface area contributed by atoms with Gasteiger partial charge in [0.1, 0.15) is 12.4 Å². The average Bonchev–Trinajstić information content (AvgIpc) is 3.21. The molecule has 4 heteroatoms. The van der Waals surface area contributed by atoms with Gasteiger partial charge >= 0.3 is 0 Å². The van der Waals surface area contributed by atoms with Gasteiger partial charge < -0.3 is 20.7 Å². The lowest BCUT2D eigenvalue weighted by atomic mass is 9.97. The van der Waals surface area contributed by atoms with Gasteiger partial charge in [-0.1, -0.05) is 12.1 Å². The number of aliphatic hydroxyl groups excluding tert-OH is 2. The van der Waals surface area contributed by atoms with E-state index in [9.17, 15) is 5.11 Å². The van der Waals surface area contributed by atoms with Crippen molar-refractivity contribution in [2.45, 2.75) is 25.0 Å². The van der Waals surface area contributed by atoms with Gasteiger partial charge in [-0.15, -0.1) is 0 Å². The zero-order chi connectivity index (χ0) is 12.3. The second-order valence-corrected chi connectivity index (χ2v) is 4.76. The maximum atomic E-state index is 9.33. The summed E-state index contributed by atoms with van der Waals surface area (Å²) < 4.78 is 5.61. The molecule has 4 nitrogen and oxygen atoms in total. The van der Waals surface area contributed by atoms with E-state index < -0.39 is 5.54 Å². The molecule has 4 N–H and O–H groups in total. The van der Waals surface area contributed by atoms with Crippen LogP contribution in [0.25, 0.3) is 0 Å². The first kappa shape index (κ1) is 12.4. The monoisotopic (exact) mass is 237 g/mol. The summed E-state index contributed by atoms with van der Waals surface area (Å²) in [4.78, 5) is 0. The third-order valence-electron chi connectivity index (χ3n) is 3.27. The summed E-state index contributed by atoms with van der Waals surface area (Å²) in [5.41, 5.74) is 6.27. The van der Waals surface area contributed by atoms with Crippen molar-refractivity contribution in [3.05, 3.63) is 29.8 Å². The summed E-state index contributed by atoms with van der Waals surface area (Å²) in [5.74, 6) is 1.05. The molecule has 0 bridgehead atoms. The first-order valence-electron chi connectivity index (χ1n) is 5.90. The maximum absolute atomic E-state index is 9.33. The smallest absolute Gasteiger partial charge is 0.119 e. The minimum atomic E-state index is -0.630. The zero-order valence-electron chi connectivity index (χ0n) is 9.80. The molecule has 1 unspecified atom stereocenters. The highest BCUT2D eigenvalue weighted by atomic mass is 16.5. The Hall–Kier alpha value is -1.10. The summed E-state index contributed by atoms with van der Waals surface area (Å²) in [6.07, 6.45) is 2.13. The molecule has 1 saturated carbocycles. The van der Waals surface area contributed by atoms with Crippen LogP contribution in [0.4, 0.5) is 0 Å². The molecule has 0 aromatic heterocycles. The lowest BCUT2D eigenvalue weighted by Crippen LogP contribution is -2.51. The fraction of sp³-hybridized carbons (Fsp3) is 0.538. The van der Waals surface area contributed by atoms with Crippen molar-refractivity contribution in [3.8, 4) is 5.75 Å². The normalized spacial score (nSPS) is 18.8. The molecule has 1 fully saturated rings. The molecule has 1 aliphatic carbocycles. The molecule has 1 atom stereocenters. The fourth-order valence-electron chi connectivity index (χ4n) is 1.90. The molecule has 0 aliphatic heterocycles. The van der Waals surface area contributed by atoms with Gasteiger partial charge in [-0.3, -0.25) is 0 Å². The van der Waals surface area contributed by atoms with Crippen molar-refractivity contribution in [1.29, 1.82) is 0 Å². The van der Waals surface area contributed by atoms with Gasteiger partial charge in [-0.05, 0) is 36.5 Å². The Labute approximate surface area is 101 Å². The first-order chi connectivity index (χ1) is 8.18. The Kier molecular flexibility index (Phi) is 3.66. The number of benzene rings is 1. The van der Waals surface area contributed by atoms with Crippen LogP contribution in [0.2, 0.25) is 0 Å². The van der Waals surface area contributed by atoms with Crippen LogP contribution in [0, 0.1) is 5.92 Å². The molecule has 0 radical (unpaired) electrons. The van der Waals surface area contributed by atoms with Gasteiger partial charge in [-0.25, -0.2) is 0 Å². The van der Waals surface area contributed by atoms with Gasteiger partial charge in [0.2, 0.25) is 0 Å². The molecule has 1 aliphatic rings. The molecule has 17 heavy (non-hydrogen) atoms. The molecule has 0 amide bonds. The summed E-state index contributed by atoms with van der Waals surface area (Å²) in [6.45, 7) is 0.244. The van der Waals surface area contributed by atoms with E-state index in [2.05, 4.69) is 0 Å². The molecule has 1 aromatic rings. The number of nitrogens with two attached hydrogens (primary N) is 1. The standard InChI is InChI=1S/C13H19NO3/c14-13(8-16,11-4-5-11)9-17-12-3-1-2-10(6-12)7-15/h1-3,6,11,15-16H,4-5,7-9,14H2. The maximum Gasteiger partial charge on any atom is 0.119 e. The third kappa shape index (κ3) is 2.97. The fourth-order valence-corrected chi connectivity index (χ4v) is 1.90. The Balaban J connectivity index is 1.96. The second-order valence-electron chi connectivity index (χ2n) is 4.76. The Morgan fingerprint density at radius 1 is 1.35 bits per heavy atom. The van der Waals surface area contributed by atoms with Gasteiger partial charge in [0, 0.05) is 0 Å². The number of aliphatic hydroxyl groups is 2. The molecule has 0 spiro atoms. The van der Waals surface area contributed by atoms with Crippen LogP contribution in [-0.4, -0.2) is 29.0 Å². The van der Waals surface area contributed by atoms with E-state index in [0.717, 1.165) is 18.4 Å². The SMILES string of the molecule is NC(CO)(COc1cccc(CO)c1)C1CC1. The van der Waals surface area contributed by atoms with Gasteiger partial charge in [0.05, 0.1) is 18.8 Å². The lowest BCUT2D eigenvalue weighted by molar-refractivity contribution is 0.116. The van der Waals surface area contributed by atoms with E-state index in [1.807, 2.05) is 18.2 Å². The van der Waals surface area contributed by atoms with Crippen LogP contribution in [0.1, 0.15) is 18.4 Å². The predicted octanol–water partition coefficient (Wildman–Crippen LogP) is 0.657. The van der Waals surface area contributed by atoms with Crippen molar-refractivity contribution in [2.75, 3.05) is 13.2 Å². The first-order valence-corrected chi connectivity index (χ1v) is 5.90. The van der Waals surface area contributed by atoms with Gasteiger partial charge in [0.15, 0.2) is 0 Å². The molecule has 94 valence electrons. The highest BCUT2D eigenvalue weighted by molar-refractivity contribution is 5.28. The van der Waals surface area contributed by atoms with E-state index in [4.69, 9.17) is 15.6 Å². The van der Waals surface area contributed by atoms with Crippen molar-refractivity contribution in [3.63, 3.8) is 0 Å². The van der Waals surface area contributed by atoms with Gasteiger partial charge in [-0.2, -0.15) is 0 Å². The Morgan fingerprint density at radius 3 is 2.71 bits per heavy atom. The molecular formula is C13H19NO3. The summed E-state index contributed by atoms with van der Waals surface area (Å²) in [5, 5.41) is 18.3. The van der Waals surface area contributed by atoms with E-state index in [0.29, 0.717) is 18.3 Å². The minimum Gasteiger partial charge on any atom is -0.492 e. The van der Waals surface area contributed by atoms with Crippen LogP contribution in [0.5, 0.6) is 5.75 Å². The predicted molar refractivity (Wildman–Crippen MR) is 64.6 cm³/mol. The zero-order valence-corrected chi connectivity index (χ0v) is 9.80. The lowest BCUT2D eigenvalue weighted by Gasteiger charge is -2.27. The van der Waals surface area contributed by atoms with Crippen molar-refractivity contribution < 1.29 is 14.9 Å². The van der Waals surface area contributed by atoms with Gasteiger partial charge in [0.25, 0.3) is 0 Å². The molecular weight excluding hydrogens is 218 g/mol. The topological polar surface area (TPSA) is 75.7 Å². The van der Waals surface area contributed by atoms with Crippen LogP contribution in [-0.2, 0) is 6.61 Å². The van der Waals surface area contributed by atoms with Crippen LogP contribution < -0.4 is 10.5 Å². The highest BCUT2D eigenvalue weighted by Crippen LogP contribution is 2.38. The summed E-state index contributed by atoms with van der Waals surface area (Å²) in [6, 6.07) is 7.26. The van der Waals surface area contributed by atoms with Crippen molar-refractivity contribution in [2.24, 2.45) is 11.7 Å². The highest BCUT2D eigenvalue weighted by Gasteiger charge is 2.42. The van der Waals surface area contributed by atoms with Crippen LogP contribution in [0.15, 0.2) is 24.3 Å². The number of hydrogen-bond donors (Lipinski definition) is 3. The van der Waals surface area contributed by atoms with E-state index in [1.54, 1.807) is 6.07 Å². The number of rotatable bonds is 6. The van der Waals surface area contributed by atoms with Crippen LogP contribution >= 0.6 is 0 Å². The Bertz CT molecular complexity index is 379. The third-order valence-corrected chi connectivity index (χ3v) is 3.27. The average molecular weight is 237 g/mol. The molecule has 2 rings (SSSR count). The van der Waals surface area contributed by atoms with E-state index >= 15 is 0 Å². The molecule has 1 aromatic carbocycles. The molecule has 0 saturated heterocycles.